The van der Waals surface area contributed by atoms with Gasteiger partial charge in [-0.05, 0) is 30.7 Å². The summed E-state index contributed by atoms with van der Waals surface area (Å²) in [5, 5.41) is 0. The molecule has 0 spiro atoms. The highest BCUT2D eigenvalue weighted by atomic mass is 16.5. The number of benzene rings is 1. The van der Waals surface area contributed by atoms with E-state index in [1.807, 2.05) is 19.1 Å². The number of pyridine rings is 1. The van der Waals surface area contributed by atoms with Gasteiger partial charge < -0.3 is 9.64 Å². The van der Waals surface area contributed by atoms with Crippen molar-refractivity contribution in [2.75, 3.05) is 20.2 Å². The molecule has 5 heteroatoms. The van der Waals surface area contributed by atoms with Crippen LogP contribution in [0.15, 0.2) is 41.3 Å². The molecule has 2 rings (SSSR count). The summed E-state index contributed by atoms with van der Waals surface area (Å²) < 4.78 is 6.70. The van der Waals surface area contributed by atoms with Gasteiger partial charge in [0.2, 0.25) is 0 Å². The summed E-state index contributed by atoms with van der Waals surface area (Å²) in [4.78, 5) is 26.3. The molecule has 0 aliphatic rings. The zero-order chi connectivity index (χ0) is 18.4. The van der Waals surface area contributed by atoms with Crippen molar-refractivity contribution in [3.63, 3.8) is 0 Å². The molecule has 0 aliphatic carbocycles. The average Bonchev–Trinajstić information content (AvgIpc) is 2.61. The minimum absolute atomic E-state index is 0.0932. The molecule has 1 amide bonds. The van der Waals surface area contributed by atoms with Gasteiger partial charge in [-0.3, -0.25) is 14.2 Å². The van der Waals surface area contributed by atoms with E-state index in [0.717, 1.165) is 5.56 Å². The highest BCUT2D eigenvalue weighted by molar-refractivity contribution is 5.94. The van der Waals surface area contributed by atoms with E-state index < -0.39 is 0 Å². The lowest BCUT2D eigenvalue weighted by Crippen LogP contribution is -2.32. The van der Waals surface area contributed by atoms with Crippen molar-refractivity contribution in [3.8, 4) is 36.1 Å². The van der Waals surface area contributed by atoms with E-state index in [1.54, 1.807) is 6.07 Å². The highest BCUT2D eigenvalue weighted by Gasteiger charge is 2.16. The van der Waals surface area contributed by atoms with Crippen LogP contribution in [0, 0.1) is 31.6 Å². The van der Waals surface area contributed by atoms with E-state index in [2.05, 4.69) is 11.8 Å². The van der Waals surface area contributed by atoms with E-state index in [9.17, 15) is 9.59 Å². The number of amides is 1. The number of aromatic nitrogens is 1. The predicted molar refractivity (Wildman–Crippen MR) is 96.9 cm³/mol. The van der Waals surface area contributed by atoms with Gasteiger partial charge in [0.05, 0.1) is 31.5 Å². The molecular formula is C20H18N2O3. The van der Waals surface area contributed by atoms with Crippen molar-refractivity contribution >= 4 is 5.91 Å². The van der Waals surface area contributed by atoms with Gasteiger partial charge in [0.1, 0.15) is 5.75 Å². The van der Waals surface area contributed by atoms with Crippen molar-refractivity contribution in [2.45, 2.75) is 6.92 Å². The Morgan fingerprint density at radius 3 is 2.48 bits per heavy atom. The number of carbonyl (C=O) groups excluding carboxylic acids is 1. The number of nitrogens with zero attached hydrogens (tertiary/aromatic N) is 2. The standard InChI is InChI=1S/C20H18N2O3/c1-5-11-21(12-6-2)20(24)16-8-10-19(23)22(14-16)17-13-15(3)7-9-18(17)25-4/h1-2,7-10,13-14H,11-12H2,3-4H3. The largest absolute Gasteiger partial charge is 0.495 e. The van der Waals surface area contributed by atoms with Gasteiger partial charge in [0, 0.05) is 12.3 Å². The van der Waals surface area contributed by atoms with E-state index in [-0.39, 0.29) is 24.6 Å². The maximum atomic E-state index is 12.6. The van der Waals surface area contributed by atoms with Crippen LogP contribution in [0.25, 0.3) is 5.69 Å². The summed E-state index contributed by atoms with van der Waals surface area (Å²) in [6.45, 7) is 2.09. The molecule has 0 atom stereocenters. The highest BCUT2D eigenvalue weighted by Crippen LogP contribution is 2.23. The molecule has 0 saturated carbocycles. The molecule has 1 aromatic heterocycles. The Labute approximate surface area is 146 Å². The van der Waals surface area contributed by atoms with Crippen LogP contribution < -0.4 is 10.3 Å². The third-order valence-corrected chi connectivity index (χ3v) is 3.60. The predicted octanol–water partition coefficient (Wildman–Crippen LogP) is 1.86. The first-order valence-electron chi connectivity index (χ1n) is 7.55. The molecule has 0 fully saturated rings. The lowest BCUT2D eigenvalue weighted by Gasteiger charge is -2.18. The maximum absolute atomic E-state index is 12.6. The normalized spacial score (nSPS) is 9.76. The van der Waals surface area contributed by atoms with Crippen LogP contribution in [0.3, 0.4) is 0 Å². The summed E-state index contributed by atoms with van der Waals surface area (Å²) in [7, 11) is 1.52. The number of terminal acetylenes is 2. The molecule has 0 radical (unpaired) electrons. The molecule has 0 bridgehead atoms. The summed E-state index contributed by atoms with van der Waals surface area (Å²) >= 11 is 0. The molecule has 0 saturated heterocycles. The number of ether oxygens (including phenoxy) is 1. The molecule has 126 valence electrons. The molecule has 1 heterocycles. The quantitative estimate of drug-likeness (QED) is 0.785. The monoisotopic (exact) mass is 334 g/mol. The average molecular weight is 334 g/mol. The van der Waals surface area contributed by atoms with E-state index >= 15 is 0 Å². The van der Waals surface area contributed by atoms with Gasteiger partial charge in [-0.25, -0.2) is 0 Å². The Balaban J connectivity index is 2.54. The summed E-state index contributed by atoms with van der Waals surface area (Å²) in [5.74, 6) is 5.01. The molecule has 0 unspecified atom stereocenters. The van der Waals surface area contributed by atoms with Crippen LogP contribution in [0.2, 0.25) is 0 Å². The Hall–Kier alpha value is -3.44. The zero-order valence-corrected chi connectivity index (χ0v) is 14.2. The number of carbonyl (C=O) groups is 1. The molecule has 0 aliphatic heterocycles. The minimum Gasteiger partial charge on any atom is -0.495 e. The summed E-state index contributed by atoms with van der Waals surface area (Å²) in [6.07, 6.45) is 12.1. The van der Waals surface area contributed by atoms with Crippen LogP contribution in [0.4, 0.5) is 0 Å². The van der Waals surface area contributed by atoms with Crippen LogP contribution in [-0.2, 0) is 0 Å². The molecule has 0 N–H and O–H groups in total. The fourth-order valence-corrected chi connectivity index (χ4v) is 2.39. The lowest BCUT2D eigenvalue weighted by atomic mass is 10.2. The maximum Gasteiger partial charge on any atom is 0.256 e. The van der Waals surface area contributed by atoms with E-state index in [1.165, 1.54) is 34.9 Å². The number of methoxy groups -OCH3 is 1. The number of hydrogen-bond acceptors (Lipinski definition) is 3. The third kappa shape index (κ3) is 3.91. The number of aryl methyl sites for hydroxylation is 1. The molecular weight excluding hydrogens is 316 g/mol. The second-order valence-electron chi connectivity index (χ2n) is 5.37. The molecule has 2 aromatic rings. The topological polar surface area (TPSA) is 51.5 Å². The summed E-state index contributed by atoms with van der Waals surface area (Å²) in [6, 6.07) is 8.26. The number of rotatable bonds is 5. The fraction of sp³-hybridized carbons (Fsp3) is 0.200. The van der Waals surface area contributed by atoms with Gasteiger partial charge in [0.15, 0.2) is 0 Å². The second kappa shape index (κ2) is 7.90. The van der Waals surface area contributed by atoms with Gasteiger partial charge in [-0.2, -0.15) is 0 Å². The van der Waals surface area contributed by atoms with Gasteiger partial charge >= 0.3 is 0 Å². The van der Waals surface area contributed by atoms with Crippen LogP contribution >= 0.6 is 0 Å². The Morgan fingerprint density at radius 1 is 1.20 bits per heavy atom. The van der Waals surface area contributed by atoms with Crippen LogP contribution in [0.1, 0.15) is 15.9 Å². The third-order valence-electron chi connectivity index (χ3n) is 3.60. The van der Waals surface area contributed by atoms with Gasteiger partial charge in [-0.15, -0.1) is 12.8 Å². The fourth-order valence-electron chi connectivity index (χ4n) is 2.39. The van der Waals surface area contributed by atoms with Crippen molar-refractivity contribution in [3.05, 3.63) is 58.0 Å². The Kier molecular flexibility index (Phi) is 5.66. The minimum atomic E-state index is -0.337. The first-order chi connectivity index (χ1) is 12.0. The van der Waals surface area contributed by atoms with Crippen LogP contribution in [-0.4, -0.2) is 35.6 Å². The van der Waals surface area contributed by atoms with E-state index in [4.69, 9.17) is 17.6 Å². The lowest BCUT2D eigenvalue weighted by molar-refractivity contribution is 0.0795. The van der Waals surface area contributed by atoms with E-state index in [0.29, 0.717) is 17.0 Å². The van der Waals surface area contributed by atoms with Gasteiger partial charge in [0.25, 0.3) is 11.5 Å². The van der Waals surface area contributed by atoms with Crippen LogP contribution in [0.5, 0.6) is 5.75 Å². The first kappa shape index (κ1) is 17.9. The zero-order valence-electron chi connectivity index (χ0n) is 14.2. The second-order valence-corrected chi connectivity index (χ2v) is 5.37. The summed E-state index contributed by atoms with van der Waals surface area (Å²) in [5.41, 5.74) is 1.55. The van der Waals surface area contributed by atoms with Crippen molar-refractivity contribution in [1.82, 2.24) is 9.47 Å². The molecule has 25 heavy (non-hydrogen) atoms. The van der Waals surface area contributed by atoms with Crippen molar-refractivity contribution in [1.29, 1.82) is 0 Å². The smallest absolute Gasteiger partial charge is 0.256 e. The van der Waals surface area contributed by atoms with Crippen molar-refractivity contribution < 1.29 is 9.53 Å². The Bertz CT molecular complexity index is 913. The first-order valence-corrected chi connectivity index (χ1v) is 7.55. The SMILES string of the molecule is C#CCN(CC#C)C(=O)c1ccc(=O)n(-c2cc(C)ccc2OC)c1. The van der Waals surface area contributed by atoms with Crippen molar-refractivity contribution in [2.24, 2.45) is 0 Å². The number of hydrogen-bond donors (Lipinski definition) is 0. The molecule has 5 nitrogen and oxygen atoms in total. The van der Waals surface area contributed by atoms with Gasteiger partial charge in [-0.1, -0.05) is 17.9 Å². The Morgan fingerprint density at radius 2 is 1.88 bits per heavy atom. The molecule has 1 aromatic carbocycles.